The van der Waals surface area contributed by atoms with Crippen molar-refractivity contribution in [1.29, 1.82) is 0 Å². The van der Waals surface area contributed by atoms with Gasteiger partial charge >= 0.3 is 0 Å². The van der Waals surface area contributed by atoms with Crippen molar-refractivity contribution in [3.63, 3.8) is 0 Å². The van der Waals surface area contributed by atoms with Crippen LogP contribution < -0.4 is 14.8 Å². The molecule has 0 radical (unpaired) electrons. The Kier molecular flexibility index (Phi) is 4.75. The fraction of sp³-hybridized carbons (Fsp3) is 0.455. The van der Waals surface area contributed by atoms with Gasteiger partial charge in [-0.05, 0) is 18.3 Å². The molecule has 0 saturated carbocycles. The summed E-state index contributed by atoms with van der Waals surface area (Å²) in [5.41, 5.74) is 0. The third-order valence-corrected chi connectivity index (χ3v) is 3.58. The van der Waals surface area contributed by atoms with Crippen molar-refractivity contribution in [3.8, 4) is 11.5 Å². The predicted octanol–water partition coefficient (Wildman–Crippen LogP) is 2.42. The van der Waals surface area contributed by atoms with Crippen molar-refractivity contribution in [2.75, 3.05) is 20.4 Å². The molecule has 1 unspecified atom stereocenters. The zero-order valence-electron chi connectivity index (χ0n) is 8.96. The molecule has 0 aliphatic carbocycles. The molecule has 0 saturated heterocycles. The number of hydrogen-bond acceptors (Lipinski definition) is 2. The number of benzene rings is 1. The number of methoxy groups -OCH3 is 2. The van der Waals surface area contributed by atoms with Crippen molar-refractivity contribution in [2.24, 2.45) is 0 Å². The van der Waals surface area contributed by atoms with Gasteiger partial charge in [0.25, 0.3) is 0 Å². The molecule has 0 fully saturated rings. The Labute approximate surface area is 87.4 Å². The molecular weight excluding hydrogens is 195 g/mol. The van der Waals surface area contributed by atoms with Gasteiger partial charge in [0.2, 0.25) is 0 Å². The van der Waals surface area contributed by atoms with Crippen LogP contribution in [0.4, 0.5) is 0 Å². The van der Waals surface area contributed by atoms with E-state index in [0.717, 1.165) is 20.1 Å². The highest BCUT2D eigenvalue weighted by atomic mass is 31.1. The Bertz CT molecular complexity index is 264. The van der Waals surface area contributed by atoms with E-state index in [2.05, 4.69) is 6.92 Å². The summed E-state index contributed by atoms with van der Waals surface area (Å²) in [6, 6.07) is 5.93. The first-order valence-corrected chi connectivity index (χ1v) is 5.99. The third-order valence-electron chi connectivity index (χ3n) is 1.98. The summed E-state index contributed by atoms with van der Waals surface area (Å²) in [4.78, 5) is 0. The lowest BCUT2D eigenvalue weighted by Gasteiger charge is -2.12. The smallest absolute Gasteiger partial charge is 0.129 e. The van der Waals surface area contributed by atoms with Crippen molar-refractivity contribution < 1.29 is 9.47 Å². The van der Waals surface area contributed by atoms with Crippen LogP contribution in [-0.2, 0) is 0 Å². The minimum Gasteiger partial charge on any atom is -0.496 e. The maximum Gasteiger partial charge on any atom is 0.129 e. The molecule has 1 aromatic rings. The number of hydrogen-bond donors (Lipinski definition) is 0. The van der Waals surface area contributed by atoms with Gasteiger partial charge < -0.3 is 9.47 Å². The first kappa shape index (κ1) is 11.3. The molecule has 0 aliphatic rings. The molecule has 3 heteroatoms. The average Bonchev–Trinajstić information content (AvgIpc) is 2.25. The lowest BCUT2D eigenvalue weighted by atomic mass is 10.3. The lowest BCUT2D eigenvalue weighted by molar-refractivity contribution is 0.401. The van der Waals surface area contributed by atoms with Gasteiger partial charge in [-0.1, -0.05) is 28.0 Å². The molecule has 0 N–H and O–H groups in total. The molecule has 1 rings (SSSR count). The standard InChI is InChI=1S/C11H17O2P/c1-4-8-14-11-9(12-2)6-5-7-10(11)13-3/h5-7,14H,4,8H2,1-3H3. The van der Waals surface area contributed by atoms with Crippen LogP contribution in [0.1, 0.15) is 13.3 Å². The van der Waals surface area contributed by atoms with Crippen LogP contribution in [0.5, 0.6) is 11.5 Å². The van der Waals surface area contributed by atoms with E-state index in [1.54, 1.807) is 14.2 Å². The van der Waals surface area contributed by atoms with Crippen LogP contribution in [0.3, 0.4) is 0 Å². The molecular formula is C11H17O2P. The van der Waals surface area contributed by atoms with Gasteiger partial charge in [-0.2, -0.15) is 0 Å². The molecule has 0 spiro atoms. The summed E-state index contributed by atoms with van der Waals surface area (Å²) in [5.74, 6) is 1.88. The number of ether oxygens (including phenoxy) is 2. The average molecular weight is 212 g/mol. The van der Waals surface area contributed by atoms with Crippen molar-refractivity contribution in [2.45, 2.75) is 13.3 Å². The molecule has 1 aromatic carbocycles. The van der Waals surface area contributed by atoms with E-state index in [-0.39, 0.29) is 0 Å². The Morgan fingerprint density at radius 1 is 1.14 bits per heavy atom. The zero-order chi connectivity index (χ0) is 10.4. The van der Waals surface area contributed by atoms with Gasteiger partial charge in [0.1, 0.15) is 11.5 Å². The van der Waals surface area contributed by atoms with Crippen molar-refractivity contribution in [3.05, 3.63) is 18.2 Å². The third kappa shape index (κ3) is 2.62. The summed E-state index contributed by atoms with van der Waals surface area (Å²) in [5, 5.41) is 1.21. The minimum atomic E-state index is 0.766. The van der Waals surface area contributed by atoms with Crippen LogP contribution in [-0.4, -0.2) is 20.4 Å². The van der Waals surface area contributed by atoms with E-state index in [9.17, 15) is 0 Å². The summed E-state index contributed by atoms with van der Waals surface area (Å²) in [7, 11) is 4.17. The maximum atomic E-state index is 5.31. The first-order chi connectivity index (χ1) is 6.83. The molecule has 78 valence electrons. The second kappa shape index (κ2) is 5.87. The topological polar surface area (TPSA) is 18.5 Å². The lowest BCUT2D eigenvalue weighted by Crippen LogP contribution is -2.06. The highest BCUT2D eigenvalue weighted by molar-refractivity contribution is 7.47. The Hall–Kier alpha value is -0.750. The molecule has 0 aromatic heterocycles. The quantitative estimate of drug-likeness (QED) is 0.698. The van der Waals surface area contributed by atoms with E-state index in [1.165, 1.54) is 17.9 Å². The second-order valence-electron chi connectivity index (χ2n) is 2.96. The minimum absolute atomic E-state index is 0.766. The number of rotatable bonds is 5. The fourth-order valence-corrected chi connectivity index (χ4v) is 2.49. The van der Waals surface area contributed by atoms with Crippen molar-refractivity contribution >= 4 is 13.9 Å². The largest absolute Gasteiger partial charge is 0.496 e. The summed E-state index contributed by atoms with van der Waals surface area (Å²) >= 11 is 0. The molecule has 14 heavy (non-hydrogen) atoms. The summed E-state index contributed by atoms with van der Waals surface area (Å²) in [6.45, 7) is 2.19. The van der Waals surface area contributed by atoms with Crippen LogP contribution in [0.2, 0.25) is 0 Å². The highest BCUT2D eigenvalue weighted by Crippen LogP contribution is 2.26. The first-order valence-electron chi connectivity index (χ1n) is 4.78. The van der Waals surface area contributed by atoms with Gasteiger partial charge in [-0.15, -0.1) is 0 Å². The highest BCUT2D eigenvalue weighted by Gasteiger charge is 2.08. The molecule has 0 heterocycles. The van der Waals surface area contributed by atoms with E-state index in [4.69, 9.17) is 9.47 Å². The molecule has 2 nitrogen and oxygen atoms in total. The van der Waals surface area contributed by atoms with Gasteiger partial charge in [-0.3, -0.25) is 0 Å². The van der Waals surface area contributed by atoms with Gasteiger partial charge in [-0.25, -0.2) is 0 Å². The Morgan fingerprint density at radius 2 is 1.71 bits per heavy atom. The van der Waals surface area contributed by atoms with Crippen LogP contribution in [0.25, 0.3) is 0 Å². The Morgan fingerprint density at radius 3 is 2.14 bits per heavy atom. The summed E-state index contributed by atoms with van der Waals surface area (Å²) < 4.78 is 10.6. The van der Waals surface area contributed by atoms with Crippen molar-refractivity contribution in [1.82, 2.24) is 0 Å². The molecule has 0 aliphatic heterocycles. The van der Waals surface area contributed by atoms with E-state index >= 15 is 0 Å². The monoisotopic (exact) mass is 212 g/mol. The zero-order valence-corrected chi connectivity index (χ0v) is 9.96. The summed E-state index contributed by atoms with van der Waals surface area (Å²) in [6.07, 6.45) is 2.39. The van der Waals surface area contributed by atoms with E-state index < -0.39 is 0 Å². The molecule has 0 bridgehead atoms. The predicted molar refractivity (Wildman–Crippen MR) is 62.7 cm³/mol. The van der Waals surface area contributed by atoms with Gasteiger partial charge in [0, 0.05) is 0 Å². The van der Waals surface area contributed by atoms with E-state index in [0.29, 0.717) is 0 Å². The van der Waals surface area contributed by atoms with Gasteiger partial charge in [0.05, 0.1) is 19.5 Å². The SMILES string of the molecule is CCCPc1c(OC)cccc1OC. The van der Waals surface area contributed by atoms with Gasteiger partial charge in [0.15, 0.2) is 0 Å². The maximum absolute atomic E-state index is 5.31. The molecule has 0 amide bonds. The normalized spacial score (nSPS) is 10.8. The Balaban J connectivity index is 2.93. The van der Waals surface area contributed by atoms with Crippen LogP contribution >= 0.6 is 8.58 Å². The second-order valence-corrected chi connectivity index (χ2v) is 4.32. The van der Waals surface area contributed by atoms with Crippen LogP contribution in [0, 0.1) is 0 Å². The fourth-order valence-electron chi connectivity index (χ4n) is 1.28. The van der Waals surface area contributed by atoms with Crippen LogP contribution in [0.15, 0.2) is 18.2 Å². The molecule has 1 atom stereocenters. The van der Waals surface area contributed by atoms with E-state index in [1.807, 2.05) is 18.2 Å².